The Kier molecular flexibility index (Phi) is 8.32. The van der Waals surface area contributed by atoms with Crippen molar-refractivity contribution < 1.29 is 54.0 Å². The Morgan fingerprint density at radius 1 is 0.919 bits per heavy atom. The maximum Gasteiger partial charge on any atom is 0.229 e. The molecule has 2 aliphatic heterocycles. The van der Waals surface area contributed by atoms with Gasteiger partial charge < -0.3 is 49.2 Å². The van der Waals surface area contributed by atoms with Crippen molar-refractivity contribution in [3.63, 3.8) is 0 Å². The molecule has 37 heavy (non-hydrogen) atoms. The van der Waals surface area contributed by atoms with E-state index in [0.717, 1.165) is 5.56 Å². The Morgan fingerprint density at radius 3 is 2.32 bits per heavy atom. The van der Waals surface area contributed by atoms with Crippen LogP contribution in [0.1, 0.15) is 28.7 Å². The molecule has 11 nitrogen and oxygen atoms in total. The van der Waals surface area contributed by atoms with Gasteiger partial charge in [0.15, 0.2) is 23.0 Å². The van der Waals surface area contributed by atoms with Crippen molar-refractivity contribution in [3.8, 4) is 23.0 Å². The van der Waals surface area contributed by atoms with E-state index < -0.39 is 49.3 Å². The number of ether oxygens (including phenoxy) is 5. The first-order chi connectivity index (χ1) is 17.9. The van der Waals surface area contributed by atoms with Crippen molar-refractivity contribution in [1.82, 2.24) is 0 Å². The van der Waals surface area contributed by atoms with Gasteiger partial charge in [-0.1, -0.05) is 12.1 Å². The molecule has 1 fully saturated rings. The molecule has 0 aliphatic carbocycles. The maximum absolute atomic E-state index is 10.8. The molecule has 0 spiro atoms. The Labute approximate surface area is 213 Å². The summed E-state index contributed by atoms with van der Waals surface area (Å²) in [5, 5.41) is 50.0. The standard InChI is InChI=1S/C26H30O11/c1-33-18-10-14(5-6-17(18)35-26-23(32)22(31)21(30)20(12-29)36-26)24-16(11-28)15-8-13(4-3-7-27)9-19(34-2)25(15)37-24/h3-10,16,20-24,26,28-32H,11-12H2,1-2H3/b4-3+/t16-,20-,21-,22+,23-,24+,26-/m1/s1. The highest BCUT2D eigenvalue weighted by atomic mass is 16.7. The normalized spacial score (nSPS) is 29.0. The minimum atomic E-state index is -1.59. The molecule has 200 valence electrons. The van der Waals surface area contributed by atoms with Crippen LogP contribution in [0, 0.1) is 0 Å². The predicted molar refractivity (Wildman–Crippen MR) is 129 cm³/mol. The molecule has 2 aliphatic rings. The van der Waals surface area contributed by atoms with Gasteiger partial charge in [-0.2, -0.15) is 0 Å². The molecule has 11 heteroatoms. The van der Waals surface area contributed by atoms with Crippen LogP contribution in [0.3, 0.4) is 0 Å². The average molecular weight is 519 g/mol. The second-order valence-electron chi connectivity index (χ2n) is 8.69. The van der Waals surface area contributed by atoms with Gasteiger partial charge in [0.1, 0.15) is 36.8 Å². The average Bonchev–Trinajstić information content (AvgIpc) is 3.30. The van der Waals surface area contributed by atoms with E-state index >= 15 is 0 Å². The monoisotopic (exact) mass is 518 g/mol. The summed E-state index contributed by atoms with van der Waals surface area (Å²) in [6, 6.07) is 8.46. The zero-order valence-corrected chi connectivity index (χ0v) is 20.3. The summed E-state index contributed by atoms with van der Waals surface area (Å²) in [5.41, 5.74) is 2.09. The van der Waals surface area contributed by atoms with Gasteiger partial charge in [0, 0.05) is 5.56 Å². The number of aliphatic hydroxyl groups excluding tert-OH is 5. The van der Waals surface area contributed by atoms with Gasteiger partial charge in [0.25, 0.3) is 0 Å². The fourth-order valence-electron chi connectivity index (χ4n) is 4.56. The first-order valence-corrected chi connectivity index (χ1v) is 11.6. The fraction of sp³-hybridized carbons (Fsp3) is 0.423. The maximum atomic E-state index is 10.8. The summed E-state index contributed by atoms with van der Waals surface area (Å²) in [7, 11) is 2.92. The molecule has 2 aromatic carbocycles. The molecule has 0 amide bonds. The number of aliphatic hydroxyl groups is 5. The van der Waals surface area contributed by atoms with E-state index in [0.29, 0.717) is 28.9 Å². The second kappa shape index (κ2) is 11.5. The molecule has 0 bridgehead atoms. The predicted octanol–water partition coefficient (Wildman–Crippen LogP) is 0.304. The Balaban J connectivity index is 1.62. The second-order valence-corrected chi connectivity index (χ2v) is 8.69. The minimum absolute atomic E-state index is 0.172. The molecule has 2 aromatic rings. The molecule has 0 unspecified atom stereocenters. The summed E-state index contributed by atoms with van der Waals surface area (Å²) in [4.78, 5) is 10.8. The van der Waals surface area contributed by atoms with Crippen LogP contribution in [0.15, 0.2) is 36.4 Å². The van der Waals surface area contributed by atoms with E-state index in [1.54, 1.807) is 30.3 Å². The van der Waals surface area contributed by atoms with E-state index in [1.807, 2.05) is 6.07 Å². The van der Waals surface area contributed by atoms with Gasteiger partial charge in [0.05, 0.1) is 33.4 Å². The minimum Gasteiger partial charge on any atom is -0.493 e. The third-order valence-corrected chi connectivity index (χ3v) is 6.51. The lowest BCUT2D eigenvalue weighted by atomic mass is 9.90. The summed E-state index contributed by atoms with van der Waals surface area (Å²) in [6.45, 7) is -0.813. The van der Waals surface area contributed by atoms with Gasteiger partial charge in [-0.05, 0) is 41.5 Å². The van der Waals surface area contributed by atoms with Crippen molar-refractivity contribution in [1.29, 1.82) is 0 Å². The van der Waals surface area contributed by atoms with E-state index in [4.69, 9.17) is 23.7 Å². The van der Waals surface area contributed by atoms with Gasteiger partial charge in [-0.3, -0.25) is 4.79 Å². The van der Waals surface area contributed by atoms with E-state index in [1.165, 1.54) is 20.3 Å². The number of allylic oxidation sites excluding steroid dienone is 1. The summed E-state index contributed by atoms with van der Waals surface area (Å²) < 4.78 is 28.3. The van der Waals surface area contributed by atoms with E-state index in [-0.39, 0.29) is 18.1 Å². The Morgan fingerprint density at radius 2 is 1.68 bits per heavy atom. The highest BCUT2D eigenvalue weighted by molar-refractivity contribution is 5.75. The highest BCUT2D eigenvalue weighted by Crippen LogP contribution is 2.51. The lowest BCUT2D eigenvalue weighted by molar-refractivity contribution is -0.277. The van der Waals surface area contributed by atoms with Crippen molar-refractivity contribution in [2.75, 3.05) is 27.4 Å². The molecule has 4 rings (SSSR count). The lowest BCUT2D eigenvalue weighted by Gasteiger charge is -2.39. The molecule has 0 aromatic heterocycles. The number of benzene rings is 2. The van der Waals surface area contributed by atoms with Gasteiger partial charge >= 0.3 is 0 Å². The molecule has 2 heterocycles. The number of carbonyl (C=O) groups excluding carboxylic acids is 1. The van der Waals surface area contributed by atoms with E-state index in [2.05, 4.69) is 0 Å². The van der Waals surface area contributed by atoms with Crippen LogP contribution in [0.2, 0.25) is 0 Å². The Hall–Kier alpha value is -3.19. The lowest BCUT2D eigenvalue weighted by Crippen LogP contribution is -2.60. The van der Waals surface area contributed by atoms with Gasteiger partial charge in [-0.25, -0.2) is 0 Å². The van der Waals surface area contributed by atoms with Crippen LogP contribution in [0.25, 0.3) is 6.08 Å². The molecular formula is C26H30O11. The van der Waals surface area contributed by atoms with Crippen LogP contribution in [0.4, 0.5) is 0 Å². The molecule has 0 saturated carbocycles. The third-order valence-electron chi connectivity index (χ3n) is 6.51. The summed E-state index contributed by atoms with van der Waals surface area (Å²) in [6.07, 6.45) is -4.11. The van der Waals surface area contributed by atoms with Crippen LogP contribution < -0.4 is 18.9 Å². The molecule has 7 atom stereocenters. The highest BCUT2D eigenvalue weighted by Gasteiger charge is 2.45. The zero-order valence-electron chi connectivity index (χ0n) is 20.3. The zero-order chi connectivity index (χ0) is 26.7. The number of methoxy groups -OCH3 is 2. The van der Waals surface area contributed by atoms with Crippen molar-refractivity contribution in [2.24, 2.45) is 0 Å². The number of aldehydes is 1. The summed E-state index contributed by atoms with van der Waals surface area (Å²) in [5.74, 6) is 0.919. The largest absolute Gasteiger partial charge is 0.493 e. The van der Waals surface area contributed by atoms with Crippen molar-refractivity contribution in [3.05, 3.63) is 53.1 Å². The molecule has 1 saturated heterocycles. The first kappa shape index (κ1) is 26.9. The molecule has 5 N–H and O–H groups in total. The van der Waals surface area contributed by atoms with Crippen LogP contribution in [0.5, 0.6) is 23.0 Å². The quantitative estimate of drug-likeness (QED) is 0.229. The SMILES string of the molecule is COc1cc([C@@H]2Oc3c(OC)cc(/C=C/C=O)cc3[C@H]2CO)ccc1O[C@@H]1O[C@H](CO)[C@@H](O)[C@H](O)[C@H]1O. The smallest absolute Gasteiger partial charge is 0.229 e. The Bertz CT molecular complexity index is 1130. The number of carbonyl (C=O) groups is 1. The molecule has 0 radical (unpaired) electrons. The van der Waals surface area contributed by atoms with Gasteiger partial charge in [-0.15, -0.1) is 0 Å². The van der Waals surface area contributed by atoms with Gasteiger partial charge in [0.2, 0.25) is 6.29 Å². The van der Waals surface area contributed by atoms with Crippen molar-refractivity contribution in [2.45, 2.75) is 42.7 Å². The topological polar surface area (TPSA) is 164 Å². The number of hydrogen-bond donors (Lipinski definition) is 5. The van der Waals surface area contributed by atoms with Crippen LogP contribution >= 0.6 is 0 Å². The van der Waals surface area contributed by atoms with Crippen LogP contribution in [-0.4, -0.2) is 90.0 Å². The van der Waals surface area contributed by atoms with E-state index in [9.17, 15) is 30.3 Å². The summed E-state index contributed by atoms with van der Waals surface area (Å²) >= 11 is 0. The third kappa shape index (κ3) is 5.14. The number of rotatable bonds is 9. The molecular weight excluding hydrogens is 488 g/mol. The number of hydrogen-bond acceptors (Lipinski definition) is 11. The number of fused-ring (bicyclic) bond motifs is 1. The van der Waals surface area contributed by atoms with Crippen molar-refractivity contribution >= 4 is 12.4 Å². The van der Waals surface area contributed by atoms with Crippen LogP contribution in [-0.2, 0) is 9.53 Å². The fourth-order valence-corrected chi connectivity index (χ4v) is 4.56. The first-order valence-electron chi connectivity index (χ1n) is 11.6.